The predicted molar refractivity (Wildman–Crippen MR) is 136 cm³/mol. The highest BCUT2D eigenvalue weighted by molar-refractivity contribution is 6.33. The maximum atomic E-state index is 12.4. The van der Waals surface area contributed by atoms with Gasteiger partial charge in [-0.3, -0.25) is 18.7 Å². The van der Waals surface area contributed by atoms with Crippen LogP contribution in [0.5, 0.6) is 0 Å². The summed E-state index contributed by atoms with van der Waals surface area (Å²) >= 11 is 6.14. The van der Waals surface area contributed by atoms with Gasteiger partial charge in [-0.15, -0.1) is 0 Å². The van der Waals surface area contributed by atoms with Gasteiger partial charge in [-0.1, -0.05) is 18.5 Å². The summed E-state index contributed by atoms with van der Waals surface area (Å²) in [5.74, 6) is -0.222. The Hall–Kier alpha value is -4.45. The van der Waals surface area contributed by atoms with Gasteiger partial charge in [-0.05, 0) is 36.8 Å². The first kappa shape index (κ1) is 25.6. The van der Waals surface area contributed by atoms with Crippen molar-refractivity contribution in [2.75, 3.05) is 6.61 Å². The molecule has 0 unspecified atom stereocenters. The van der Waals surface area contributed by atoms with E-state index >= 15 is 0 Å². The number of nitrogens with one attached hydrogen (secondary N) is 1. The predicted octanol–water partition coefficient (Wildman–Crippen LogP) is 2.06. The van der Waals surface area contributed by atoms with Crippen molar-refractivity contribution < 1.29 is 18.7 Å². The van der Waals surface area contributed by atoms with E-state index in [9.17, 15) is 19.2 Å². The van der Waals surface area contributed by atoms with Crippen molar-refractivity contribution in [3.05, 3.63) is 73.8 Å². The third-order valence-corrected chi connectivity index (χ3v) is 5.77. The molecule has 1 N–H and O–H groups in total. The Morgan fingerprint density at radius 2 is 1.97 bits per heavy atom. The van der Waals surface area contributed by atoms with Crippen LogP contribution in [0.1, 0.15) is 29.5 Å². The lowest BCUT2D eigenvalue weighted by Gasteiger charge is -2.07. The Balaban J connectivity index is 1.44. The first-order valence-corrected chi connectivity index (χ1v) is 11.6. The summed E-state index contributed by atoms with van der Waals surface area (Å²) < 4.78 is 14.5. The Labute approximate surface area is 214 Å². The zero-order chi connectivity index (χ0) is 26.7. The summed E-state index contributed by atoms with van der Waals surface area (Å²) in [5, 5.41) is 4.16. The molecule has 0 aliphatic heterocycles. The molecule has 4 rings (SSSR count). The Morgan fingerprint density at radius 3 is 2.73 bits per heavy atom. The van der Waals surface area contributed by atoms with E-state index < -0.39 is 23.1 Å². The van der Waals surface area contributed by atoms with Crippen molar-refractivity contribution in [1.29, 1.82) is 0 Å². The number of carbonyl (C=O) groups is 2. The summed E-state index contributed by atoms with van der Waals surface area (Å²) in [6, 6.07) is 8.20. The zero-order valence-electron chi connectivity index (χ0n) is 20.2. The molecule has 0 saturated carbocycles. The molecule has 13 heteroatoms. The van der Waals surface area contributed by atoms with Crippen molar-refractivity contribution in [2.45, 2.75) is 19.9 Å². The molecule has 0 aliphatic carbocycles. The van der Waals surface area contributed by atoms with E-state index in [1.54, 1.807) is 30.3 Å². The van der Waals surface area contributed by atoms with Crippen LogP contribution in [0.25, 0.3) is 22.5 Å². The number of aryl methyl sites for hydroxylation is 1. The van der Waals surface area contributed by atoms with Gasteiger partial charge in [0.25, 0.3) is 11.5 Å². The van der Waals surface area contributed by atoms with Crippen molar-refractivity contribution in [1.82, 2.24) is 24.1 Å². The number of carbonyl (C=O) groups excluding carboxylic acids is 2. The van der Waals surface area contributed by atoms with E-state index in [-0.39, 0.29) is 28.3 Å². The standard InChI is InChI=1S/C24H23ClN6O6/c1-4-9-36-23(34)16-10-14(5-7-17(16)25)18-8-6-15(37-18)11-27-28-19(32)12-31-13-26-20-21(31)29(2)24(35)30(3)22(20)33/h5-8,10-11,13H,4,9,12H2,1-3H3,(H,28,32). The van der Waals surface area contributed by atoms with Crippen LogP contribution in [0, 0.1) is 0 Å². The highest BCUT2D eigenvalue weighted by Gasteiger charge is 2.16. The van der Waals surface area contributed by atoms with Crippen LogP contribution in [-0.4, -0.2) is 43.4 Å². The van der Waals surface area contributed by atoms with E-state index in [0.29, 0.717) is 30.1 Å². The van der Waals surface area contributed by atoms with Crippen LogP contribution < -0.4 is 16.7 Å². The number of hydrazone groups is 1. The van der Waals surface area contributed by atoms with Crippen LogP contribution in [0.3, 0.4) is 0 Å². The van der Waals surface area contributed by atoms with E-state index in [1.165, 1.54) is 35.8 Å². The van der Waals surface area contributed by atoms with Gasteiger partial charge >= 0.3 is 11.7 Å². The number of fused-ring (bicyclic) bond motifs is 1. The zero-order valence-corrected chi connectivity index (χ0v) is 21.0. The van der Waals surface area contributed by atoms with E-state index in [4.69, 9.17) is 20.8 Å². The number of hydrogen-bond donors (Lipinski definition) is 1. The molecule has 12 nitrogen and oxygen atoms in total. The van der Waals surface area contributed by atoms with Gasteiger partial charge in [0.2, 0.25) is 0 Å². The summed E-state index contributed by atoms with van der Waals surface area (Å²) in [5.41, 5.74) is 2.43. The van der Waals surface area contributed by atoms with Gasteiger partial charge in [0, 0.05) is 19.7 Å². The number of furan rings is 1. The van der Waals surface area contributed by atoms with Crippen LogP contribution >= 0.6 is 11.6 Å². The molecule has 3 aromatic heterocycles. The van der Waals surface area contributed by atoms with E-state index in [2.05, 4.69) is 15.5 Å². The SMILES string of the molecule is CCCOC(=O)c1cc(-c2ccc(C=NNC(=O)Cn3cnc4c(=O)n(C)c(=O)n(C)c43)o2)ccc1Cl. The number of hydrogen-bond acceptors (Lipinski definition) is 8. The van der Waals surface area contributed by atoms with E-state index in [1.807, 2.05) is 6.92 Å². The number of ether oxygens (including phenoxy) is 1. The summed E-state index contributed by atoms with van der Waals surface area (Å²) in [6.45, 7) is 1.96. The molecule has 0 saturated heterocycles. The Kier molecular flexibility index (Phi) is 7.39. The molecule has 4 aromatic rings. The Morgan fingerprint density at radius 1 is 1.19 bits per heavy atom. The number of nitrogens with zero attached hydrogens (tertiary/aromatic N) is 5. The number of imidazole rings is 1. The third-order valence-electron chi connectivity index (χ3n) is 5.44. The van der Waals surface area contributed by atoms with Crippen molar-refractivity contribution in [2.24, 2.45) is 19.2 Å². The fourth-order valence-corrected chi connectivity index (χ4v) is 3.79. The van der Waals surface area contributed by atoms with E-state index in [0.717, 1.165) is 4.57 Å². The molecular formula is C24H23ClN6O6. The second kappa shape index (κ2) is 10.7. The maximum Gasteiger partial charge on any atom is 0.339 e. The lowest BCUT2D eigenvalue weighted by Crippen LogP contribution is -2.37. The molecule has 0 bridgehead atoms. The van der Waals surface area contributed by atoms with Gasteiger partial charge in [-0.25, -0.2) is 20.0 Å². The highest BCUT2D eigenvalue weighted by Crippen LogP contribution is 2.27. The maximum absolute atomic E-state index is 12.4. The molecule has 0 spiro atoms. The van der Waals surface area contributed by atoms with Crippen molar-refractivity contribution in [3.63, 3.8) is 0 Å². The minimum Gasteiger partial charge on any atom is -0.462 e. The molecular weight excluding hydrogens is 504 g/mol. The molecule has 192 valence electrons. The molecule has 0 fully saturated rings. The van der Waals surface area contributed by atoms with Gasteiger partial charge in [0.15, 0.2) is 5.52 Å². The molecule has 1 aromatic carbocycles. The average molecular weight is 527 g/mol. The summed E-state index contributed by atoms with van der Waals surface area (Å²) in [6.07, 6.45) is 3.32. The summed E-state index contributed by atoms with van der Waals surface area (Å²) in [4.78, 5) is 53.1. The van der Waals surface area contributed by atoms with Gasteiger partial charge in [0.1, 0.15) is 23.7 Å². The topological polar surface area (TPSA) is 143 Å². The average Bonchev–Trinajstić information content (AvgIpc) is 3.52. The van der Waals surface area contributed by atoms with Crippen LogP contribution in [0.2, 0.25) is 5.02 Å². The molecule has 0 atom stereocenters. The Bertz CT molecular complexity index is 1640. The normalized spacial score (nSPS) is 11.4. The molecule has 1 amide bonds. The molecule has 0 aliphatic rings. The number of rotatable bonds is 8. The second-order valence-electron chi connectivity index (χ2n) is 8.08. The first-order valence-electron chi connectivity index (χ1n) is 11.2. The fourth-order valence-electron chi connectivity index (χ4n) is 3.60. The minimum absolute atomic E-state index is 0.0769. The number of halogens is 1. The second-order valence-corrected chi connectivity index (χ2v) is 8.48. The van der Waals surface area contributed by atoms with Crippen molar-refractivity contribution in [3.8, 4) is 11.3 Å². The lowest BCUT2D eigenvalue weighted by molar-refractivity contribution is -0.121. The lowest BCUT2D eigenvalue weighted by atomic mass is 10.1. The molecule has 37 heavy (non-hydrogen) atoms. The number of esters is 1. The largest absolute Gasteiger partial charge is 0.462 e. The number of benzene rings is 1. The molecule has 0 radical (unpaired) electrons. The first-order chi connectivity index (χ1) is 17.7. The fraction of sp³-hybridized carbons (Fsp3) is 0.250. The monoisotopic (exact) mass is 526 g/mol. The minimum atomic E-state index is -0.547. The van der Waals surface area contributed by atoms with Crippen LogP contribution in [0.4, 0.5) is 0 Å². The molecule has 3 heterocycles. The van der Waals surface area contributed by atoms with Crippen LogP contribution in [0.15, 0.2) is 55.8 Å². The van der Waals surface area contributed by atoms with Crippen molar-refractivity contribution >= 4 is 40.9 Å². The third kappa shape index (κ3) is 5.23. The van der Waals surface area contributed by atoms with Gasteiger partial charge in [0.05, 0.1) is 29.7 Å². The quantitative estimate of drug-likeness (QED) is 0.210. The van der Waals surface area contributed by atoms with Gasteiger partial charge < -0.3 is 13.7 Å². The van der Waals surface area contributed by atoms with Crippen LogP contribution in [-0.2, 0) is 30.2 Å². The van der Waals surface area contributed by atoms with Gasteiger partial charge in [-0.2, -0.15) is 5.10 Å². The number of aromatic nitrogens is 4. The summed E-state index contributed by atoms with van der Waals surface area (Å²) in [7, 11) is 2.85. The highest BCUT2D eigenvalue weighted by atomic mass is 35.5. The smallest absolute Gasteiger partial charge is 0.339 e. The number of amides is 1.